The maximum absolute atomic E-state index is 12.2. The zero-order valence-corrected chi connectivity index (χ0v) is 21.6. The number of carbonyl (C=O) groups excluding carboxylic acids is 1. The highest BCUT2D eigenvalue weighted by molar-refractivity contribution is 9.10. The smallest absolute Gasteiger partial charge is 0.337 e. The second-order valence-corrected chi connectivity index (χ2v) is 9.97. The summed E-state index contributed by atoms with van der Waals surface area (Å²) in [5, 5.41) is 1.96. The summed E-state index contributed by atoms with van der Waals surface area (Å²) in [6.07, 6.45) is 7.51. The van der Waals surface area contributed by atoms with E-state index in [-0.39, 0.29) is 5.97 Å². The predicted molar refractivity (Wildman–Crippen MR) is 142 cm³/mol. The van der Waals surface area contributed by atoms with Crippen molar-refractivity contribution < 1.29 is 9.53 Å². The molecule has 1 N–H and O–H groups in total. The van der Waals surface area contributed by atoms with Crippen LogP contribution in [0.5, 0.6) is 0 Å². The topological polar surface area (TPSA) is 72.3 Å². The van der Waals surface area contributed by atoms with E-state index in [9.17, 15) is 4.79 Å². The lowest BCUT2D eigenvalue weighted by molar-refractivity contribution is 0.0601. The van der Waals surface area contributed by atoms with Crippen LogP contribution in [-0.4, -0.2) is 58.8 Å². The Balaban J connectivity index is 1.46. The van der Waals surface area contributed by atoms with E-state index in [1.807, 2.05) is 35.1 Å². The number of hydrogen-bond acceptors (Lipinski definition) is 6. The molecule has 4 aromatic rings. The molecule has 2 aromatic carbocycles. The lowest BCUT2D eigenvalue weighted by Gasteiger charge is -2.26. The van der Waals surface area contributed by atoms with Crippen LogP contribution in [0.1, 0.15) is 47.4 Å². The summed E-state index contributed by atoms with van der Waals surface area (Å²) in [5.74, 6) is 0.401. The molecule has 0 spiro atoms. The average molecular weight is 536 g/mol. The van der Waals surface area contributed by atoms with Crippen LogP contribution in [0, 0.1) is 0 Å². The molecule has 8 heteroatoms. The number of methoxy groups -OCH3 is 1. The van der Waals surface area contributed by atoms with Crippen molar-refractivity contribution in [1.29, 1.82) is 0 Å². The van der Waals surface area contributed by atoms with Crippen LogP contribution in [0.4, 0.5) is 0 Å². The fraction of sp³-hybridized carbons (Fsp3) is 0.370. The van der Waals surface area contributed by atoms with Crippen LogP contribution < -0.4 is 5.43 Å². The number of benzene rings is 2. The van der Waals surface area contributed by atoms with Gasteiger partial charge in [-0.2, -0.15) is 0 Å². The van der Waals surface area contributed by atoms with Crippen LogP contribution in [0.3, 0.4) is 0 Å². The Hall–Kier alpha value is -2.97. The largest absolute Gasteiger partial charge is 0.465 e. The Kier molecular flexibility index (Phi) is 7.29. The Morgan fingerprint density at radius 2 is 1.97 bits per heavy atom. The molecule has 1 aliphatic rings. The van der Waals surface area contributed by atoms with E-state index in [1.54, 1.807) is 6.07 Å². The van der Waals surface area contributed by atoms with Gasteiger partial charge in [0.2, 0.25) is 0 Å². The van der Waals surface area contributed by atoms with Gasteiger partial charge < -0.3 is 15.1 Å². The number of fused-ring (bicyclic) bond motifs is 3. The van der Waals surface area contributed by atoms with Crippen molar-refractivity contribution in [2.45, 2.75) is 32.1 Å². The molecular formula is C27H30BrN5O2. The molecule has 0 aliphatic carbocycles. The van der Waals surface area contributed by atoms with Crippen LogP contribution in [0.25, 0.3) is 21.9 Å². The monoisotopic (exact) mass is 535 g/mol. The van der Waals surface area contributed by atoms with E-state index in [2.05, 4.69) is 43.4 Å². The first kappa shape index (κ1) is 23.8. The predicted octanol–water partition coefficient (Wildman–Crippen LogP) is 5.14. The summed E-state index contributed by atoms with van der Waals surface area (Å²) < 4.78 is 8.01. The number of nitrogens with zero attached hydrogens (tertiary/aromatic N) is 4. The van der Waals surface area contributed by atoms with Crippen molar-refractivity contribution in [2.75, 3.05) is 38.7 Å². The fourth-order valence-corrected chi connectivity index (χ4v) is 5.27. The van der Waals surface area contributed by atoms with E-state index in [1.165, 1.54) is 39.5 Å². The van der Waals surface area contributed by atoms with Crippen molar-refractivity contribution in [3.05, 3.63) is 70.1 Å². The van der Waals surface area contributed by atoms with Gasteiger partial charge in [-0.25, -0.2) is 19.4 Å². The molecule has 0 bridgehead atoms. The number of halogens is 1. The van der Waals surface area contributed by atoms with E-state index in [4.69, 9.17) is 9.72 Å². The second-order valence-electron chi connectivity index (χ2n) is 9.05. The fourth-order valence-electron chi connectivity index (χ4n) is 4.82. The number of aromatic nitrogens is 3. The van der Waals surface area contributed by atoms with Crippen LogP contribution in [-0.2, 0) is 11.2 Å². The lowest BCUT2D eigenvalue weighted by Crippen LogP contribution is -2.32. The Morgan fingerprint density at radius 3 is 2.77 bits per heavy atom. The molecule has 182 valence electrons. The van der Waals surface area contributed by atoms with Crippen molar-refractivity contribution in [3.8, 4) is 0 Å². The molecule has 0 radical (unpaired) electrons. The second kappa shape index (κ2) is 10.7. The summed E-state index contributed by atoms with van der Waals surface area (Å²) in [7, 11) is 1.40. The summed E-state index contributed by atoms with van der Waals surface area (Å²) in [5.41, 5.74) is 6.95. The number of hydrogen-bond donors (Lipinski definition) is 1. The minimum atomic E-state index is -0.352. The van der Waals surface area contributed by atoms with Crippen molar-refractivity contribution in [1.82, 2.24) is 19.5 Å². The van der Waals surface area contributed by atoms with E-state index in [0.717, 1.165) is 57.3 Å². The van der Waals surface area contributed by atoms with Crippen LogP contribution >= 0.6 is 15.9 Å². The van der Waals surface area contributed by atoms with Gasteiger partial charge in [0.1, 0.15) is 5.82 Å². The van der Waals surface area contributed by atoms with Crippen LogP contribution in [0.2, 0.25) is 0 Å². The van der Waals surface area contributed by atoms with Crippen molar-refractivity contribution in [3.63, 3.8) is 0 Å². The molecule has 3 heterocycles. The minimum absolute atomic E-state index is 0.352. The first-order chi connectivity index (χ1) is 17.1. The van der Waals surface area contributed by atoms with Crippen molar-refractivity contribution in [2.24, 2.45) is 0 Å². The standard InChI is InChI=1S/C27H30BrN5O2/c1-35-27(34)20-9-10-22-23-18-29-25(16-19-7-5-8-21(28)15-19)31-26(23)33(24(22)17-20)30-11-6-14-32-12-3-2-4-13-32/h5,7-10,15,17-18,30H,2-4,6,11-14,16H2,1H3. The zero-order valence-electron chi connectivity index (χ0n) is 20.0. The number of carbonyl (C=O) groups is 1. The van der Waals surface area contributed by atoms with Gasteiger partial charge in [0.15, 0.2) is 5.65 Å². The van der Waals surface area contributed by atoms with Gasteiger partial charge in [0.25, 0.3) is 0 Å². The molecule has 0 saturated carbocycles. The van der Waals surface area contributed by atoms with Gasteiger partial charge in [-0.1, -0.05) is 40.5 Å². The van der Waals surface area contributed by atoms with Crippen molar-refractivity contribution >= 4 is 43.8 Å². The minimum Gasteiger partial charge on any atom is -0.465 e. The summed E-state index contributed by atoms with van der Waals surface area (Å²) in [4.78, 5) is 24.4. The third kappa shape index (κ3) is 5.33. The number of rotatable bonds is 8. The molecule has 7 nitrogen and oxygen atoms in total. The summed E-state index contributed by atoms with van der Waals surface area (Å²) in [6.45, 7) is 4.29. The SMILES string of the molecule is COC(=O)c1ccc2c3cnc(Cc4cccc(Br)c4)nc3n(NCCCN3CCCCC3)c2c1. The number of esters is 1. The third-order valence-electron chi connectivity index (χ3n) is 6.60. The zero-order chi connectivity index (χ0) is 24.2. The first-order valence-electron chi connectivity index (χ1n) is 12.2. The summed E-state index contributed by atoms with van der Waals surface area (Å²) >= 11 is 3.54. The number of ether oxygens (including phenoxy) is 1. The molecule has 2 aromatic heterocycles. The number of likely N-dealkylation sites (tertiary alicyclic amines) is 1. The number of piperidine rings is 1. The lowest BCUT2D eigenvalue weighted by atomic mass is 10.1. The van der Waals surface area contributed by atoms with Gasteiger partial charge in [-0.3, -0.25) is 0 Å². The molecule has 0 atom stereocenters. The first-order valence-corrected chi connectivity index (χ1v) is 13.0. The Bertz CT molecular complexity index is 1350. The van der Waals surface area contributed by atoms with Gasteiger partial charge in [-0.15, -0.1) is 0 Å². The molecule has 0 unspecified atom stereocenters. The maximum atomic E-state index is 12.2. The molecule has 1 fully saturated rings. The van der Waals surface area contributed by atoms with Crippen LogP contribution in [0.15, 0.2) is 53.1 Å². The van der Waals surface area contributed by atoms with Gasteiger partial charge in [-0.05, 0) is 68.7 Å². The van der Waals surface area contributed by atoms with E-state index in [0.29, 0.717) is 12.0 Å². The van der Waals surface area contributed by atoms with E-state index < -0.39 is 0 Å². The average Bonchev–Trinajstić information content (AvgIpc) is 3.19. The molecule has 5 rings (SSSR count). The number of nitrogens with one attached hydrogen (secondary N) is 1. The van der Waals surface area contributed by atoms with Gasteiger partial charge >= 0.3 is 5.97 Å². The highest BCUT2D eigenvalue weighted by Crippen LogP contribution is 2.28. The molecular weight excluding hydrogens is 506 g/mol. The summed E-state index contributed by atoms with van der Waals surface area (Å²) in [6, 6.07) is 13.8. The molecule has 1 saturated heterocycles. The third-order valence-corrected chi connectivity index (χ3v) is 7.09. The molecule has 0 amide bonds. The van der Waals surface area contributed by atoms with Gasteiger partial charge in [0, 0.05) is 34.4 Å². The normalized spacial score (nSPS) is 14.5. The quantitative estimate of drug-likeness (QED) is 0.248. The van der Waals surface area contributed by atoms with Gasteiger partial charge in [0.05, 0.1) is 18.2 Å². The highest BCUT2D eigenvalue weighted by atomic mass is 79.9. The van der Waals surface area contributed by atoms with E-state index >= 15 is 0 Å². The molecule has 35 heavy (non-hydrogen) atoms. The Labute approximate surface area is 213 Å². The highest BCUT2D eigenvalue weighted by Gasteiger charge is 2.17. The maximum Gasteiger partial charge on any atom is 0.337 e. The Morgan fingerprint density at radius 1 is 1.11 bits per heavy atom. The molecule has 1 aliphatic heterocycles.